The fraction of sp³-hybridized carbons (Fsp3) is 0.333. The minimum absolute atomic E-state index is 0. The van der Waals surface area contributed by atoms with Gasteiger partial charge in [0.25, 0.3) is 0 Å². The Kier molecular flexibility index (Phi) is 10.0. The number of nitrogens with one attached hydrogen (secondary N) is 2. The minimum Gasteiger partial charge on any atom is -0.439 e. The van der Waals surface area contributed by atoms with E-state index in [0.717, 1.165) is 12.1 Å². The third-order valence-electron chi connectivity index (χ3n) is 3.75. The van der Waals surface area contributed by atoms with E-state index in [0.29, 0.717) is 37.8 Å². The van der Waals surface area contributed by atoms with E-state index in [9.17, 15) is 9.18 Å². The Balaban J connectivity index is 0.00000182. The Hall–Kier alpha value is -1.93. The molecule has 0 bridgehead atoms. The maximum atomic E-state index is 12.9. The van der Waals surface area contributed by atoms with Gasteiger partial charge < -0.3 is 20.1 Å². The maximum absolute atomic E-state index is 12.9. The second-order valence-corrected chi connectivity index (χ2v) is 5.77. The van der Waals surface area contributed by atoms with Gasteiger partial charge in [-0.3, -0.25) is 4.79 Å². The number of pyridine rings is 1. The molecular formula is C18H22Cl2FN3O3. The van der Waals surface area contributed by atoms with Crippen molar-refractivity contribution >= 4 is 30.7 Å². The van der Waals surface area contributed by atoms with Crippen molar-refractivity contribution in [2.75, 3.05) is 19.8 Å². The SMILES string of the molecule is Cl.Cl.O=C(CC1COCCN1)NCc1ccc(Oc2ccc(F)cc2)nc1. The van der Waals surface area contributed by atoms with E-state index in [1.165, 1.54) is 24.3 Å². The first-order chi connectivity index (χ1) is 12.2. The summed E-state index contributed by atoms with van der Waals surface area (Å²) in [7, 11) is 0. The van der Waals surface area contributed by atoms with E-state index in [2.05, 4.69) is 15.6 Å². The van der Waals surface area contributed by atoms with Gasteiger partial charge in [-0.15, -0.1) is 24.8 Å². The van der Waals surface area contributed by atoms with Crippen molar-refractivity contribution in [3.05, 3.63) is 54.0 Å². The van der Waals surface area contributed by atoms with Crippen LogP contribution in [0.2, 0.25) is 0 Å². The Labute approximate surface area is 169 Å². The summed E-state index contributed by atoms with van der Waals surface area (Å²) in [6.45, 7) is 2.42. The number of carbonyl (C=O) groups is 1. The average Bonchev–Trinajstić information content (AvgIpc) is 2.64. The van der Waals surface area contributed by atoms with Crippen LogP contribution in [-0.2, 0) is 16.1 Å². The summed E-state index contributed by atoms with van der Waals surface area (Å²) in [5.74, 6) is 0.568. The summed E-state index contributed by atoms with van der Waals surface area (Å²) >= 11 is 0. The second kappa shape index (κ2) is 11.7. The first-order valence-electron chi connectivity index (χ1n) is 8.15. The zero-order valence-corrected chi connectivity index (χ0v) is 16.2. The van der Waals surface area contributed by atoms with Crippen LogP contribution >= 0.6 is 24.8 Å². The molecule has 1 aromatic carbocycles. The van der Waals surface area contributed by atoms with Crippen LogP contribution in [-0.4, -0.2) is 36.7 Å². The molecule has 0 spiro atoms. The van der Waals surface area contributed by atoms with Crippen molar-refractivity contribution in [2.24, 2.45) is 0 Å². The fourth-order valence-electron chi connectivity index (χ4n) is 2.45. The average molecular weight is 418 g/mol. The van der Waals surface area contributed by atoms with Crippen molar-refractivity contribution in [1.29, 1.82) is 0 Å². The van der Waals surface area contributed by atoms with Gasteiger partial charge in [0.1, 0.15) is 11.6 Å². The van der Waals surface area contributed by atoms with E-state index in [1.807, 2.05) is 6.07 Å². The molecule has 6 nitrogen and oxygen atoms in total. The van der Waals surface area contributed by atoms with E-state index in [4.69, 9.17) is 9.47 Å². The van der Waals surface area contributed by atoms with E-state index in [1.54, 1.807) is 12.3 Å². The predicted molar refractivity (Wildman–Crippen MR) is 104 cm³/mol. The third kappa shape index (κ3) is 7.68. The lowest BCUT2D eigenvalue weighted by molar-refractivity contribution is -0.122. The number of rotatable bonds is 6. The zero-order valence-electron chi connectivity index (χ0n) is 14.5. The van der Waals surface area contributed by atoms with Gasteiger partial charge in [-0.25, -0.2) is 9.37 Å². The smallest absolute Gasteiger partial charge is 0.221 e. The van der Waals surface area contributed by atoms with Gasteiger partial charge in [-0.1, -0.05) is 6.07 Å². The number of carbonyl (C=O) groups excluding carboxylic acids is 1. The van der Waals surface area contributed by atoms with Gasteiger partial charge in [0.2, 0.25) is 11.8 Å². The molecule has 9 heteroatoms. The van der Waals surface area contributed by atoms with Crippen LogP contribution in [0.5, 0.6) is 11.6 Å². The lowest BCUT2D eigenvalue weighted by Crippen LogP contribution is -2.44. The standard InChI is InChI=1S/C18H20FN3O3.2ClH/c19-14-2-4-16(5-3-14)25-18-6-1-13(11-22-18)10-21-17(23)9-15-12-24-8-7-20-15;;/h1-6,11,15,20H,7-10,12H2,(H,21,23);2*1H. The van der Waals surface area contributed by atoms with Crippen molar-refractivity contribution in [1.82, 2.24) is 15.6 Å². The topological polar surface area (TPSA) is 72.5 Å². The highest BCUT2D eigenvalue weighted by molar-refractivity contribution is 5.85. The summed E-state index contributed by atoms with van der Waals surface area (Å²) in [6, 6.07) is 9.33. The number of morpholine rings is 1. The van der Waals surface area contributed by atoms with Crippen molar-refractivity contribution in [2.45, 2.75) is 19.0 Å². The first-order valence-corrected chi connectivity index (χ1v) is 8.15. The van der Waals surface area contributed by atoms with E-state index < -0.39 is 0 Å². The molecule has 148 valence electrons. The molecule has 1 fully saturated rings. The summed E-state index contributed by atoms with van der Waals surface area (Å²) in [5.41, 5.74) is 0.868. The van der Waals surface area contributed by atoms with Gasteiger partial charge in [0, 0.05) is 37.8 Å². The first kappa shape index (κ1) is 23.1. The van der Waals surface area contributed by atoms with Gasteiger partial charge in [0.15, 0.2) is 0 Å². The molecular weight excluding hydrogens is 396 g/mol. The molecule has 1 aliphatic rings. The second-order valence-electron chi connectivity index (χ2n) is 5.77. The van der Waals surface area contributed by atoms with Crippen LogP contribution in [0, 0.1) is 5.82 Å². The third-order valence-corrected chi connectivity index (χ3v) is 3.75. The molecule has 1 unspecified atom stereocenters. The molecule has 0 aliphatic carbocycles. The molecule has 27 heavy (non-hydrogen) atoms. The van der Waals surface area contributed by atoms with Crippen molar-refractivity contribution in [3.63, 3.8) is 0 Å². The number of aromatic nitrogens is 1. The molecule has 3 rings (SSSR count). The number of halogens is 3. The molecule has 2 N–H and O–H groups in total. The lowest BCUT2D eigenvalue weighted by atomic mass is 10.2. The number of benzene rings is 1. The number of nitrogens with zero attached hydrogens (tertiary/aromatic N) is 1. The largest absolute Gasteiger partial charge is 0.439 e. The van der Waals surface area contributed by atoms with Crippen LogP contribution in [0.25, 0.3) is 0 Å². The van der Waals surface area contributed by atoms with Gasteiger partial charge in [0.05, 0.1) is 13.2 Å². The monoisotopic (exact) mass is 417 g/mol. The Morgan fingerprint density at radius 2 is 2.04 bits per heavy atom. The van der Waals surface area contributed by atoms with Crippen molar-refractivity contribution < 1.29 is 18.7 Å². The fourth-order valence-corrected chi connectivity index (χ4v) is 2.45. The number of amides is 1. The molecule has 2 heterocycles. The summed E-state index contributed by atoms with van der Waals surface area (Å²) in [4.78, 5) is 16.1. The number of hydrogen-bond donors (Lipinski definition) is 2. The van der Waals surface area contributed by atoms with Crippen LogP contribution in [0.15, 0.2) is 42.6 Å². The molecule has 1 aromatic heterocycles. The van der Waals surface area contributed by atoms with Gasteiger partial charge in [-0.05, 0) is 29.8 Å². The van der Waals surface area contributed by atoms with Crippen LogP contribution in [0.1, 0.15) is 12.0 Å². The van der Waals surface area contributed by atoms with Gasteiger partial charge >= 0.3 is 0 Å². The van der Waals surface area contributed by atoms with Crippen molar-refractivity contribution in [3.8, 4) is 11.6 Å². The quantitative estimate of drug-likeness (QED) is 0.755. The summed E-state index contributed by atoms with van der Waals surface area (Å²) in [6.07, 6.45) is 2.03. The normalized spacial score (nSPS) is 15.8. The molecule has 1 saturated heterocycles. The highest BCUT2D eigenvalue weighted by atomic mass is 35.5. The van der Waals surface area contributed by atoms with E-state index >= 15 is 0 Å². The lowest BCUT2D eigenvalue weighted by Gasteiger charge is -2.23. The summed E-state index contributed by atoms with van der Waals surface area (Å²) < 4.78 is 23.7. The number of ether oxygens (including phenoxy) is 2. The van der Waals surface area contributed by atoms with Crippen LogP contribution in [0.4, 0.5) is 4.39 Å². The molecule has 1 aliphatic heterocycles. The van der Waals surface area contributed by atoms with E-state index in [-0.39, 0.29) is 42.6 Å². The molecule has 2 aromatic rings. The predicted octanol–water partition coefficient (Wildman–Crippen LogP) is 2.85. The molecule has 0 radical (unpaired) electrons. The zero-order chi connectivity index (χ0) is 17.5. The molecule has 1 atom stereocenters. The maximum Gasteiger partial charge on any atom is 0.221 e. The highest BCUT2D eigenvalue weighted by Crippen LogP contribution is 2.19. The summed E-state index contributed by atoms with van der Waals surface area (Å²) in [5, 5.41) is 6.11. The van der Waals surface area contributed by atoms with Crippen LogP contribution < -0.4 is 15.4 Å². The Morgan fingerprint density at radius 3 is 2.67 bits per heavy atom. The van der Waals surface area contributed by atoms with Crippen LogP contribution in [0.3, 0.4) is 0 Å². The molecule has 1 amide bonds. The minimum atomic E-state index is -0.318. The highest BCUT2D eigenvalue weighted by Gasteiger charge is 2.16. The molecule has 0 saturated carbocycles. The Morgan fingerprint density at radius 1 is 1.26 bits per heavy atom. The number of hydrogen-bond acceptors (Lipinski definition) is 5. The van der Waals surface area contributed by atoms with Gasteiger partial charge in [-0.2, -0.15) is 0 Å². The Bertz CT molecular complexity index is 696.